The highest BCUT2D eigenvalue weighted by molar-refractivity contribution is 5.56. The molecule has 2 aliphatic rings. The molecule has 2 fully saturated rings. The van der Waals surface area contributed by atoms with E-state index < -0.39 is 6.10 Å². The number of hydrogen-bond acceptors (Lipinski definition) is 2. The molecule has 2 aliphatic carbocycles. The van der Waals surface area contributed by atoms with E-state index in [9.17, 15) is 9.50 Å². The predicted octanol–water partition coefficient (Wildman–Crippen LogP) is 3.26. The second kappa shape index (κ2) is 4.54. The summed E-state index contributed by atoms with van der Waals surface area (Å²) >= 11 is 0. The first-order chi connectivity index (χ1) is 8.65. The van der Waals surface area contributed by atoms with Gasteiger partial charge in [-0.3, -0.25) is 0 Å². The standard InChI is InChI=1S/C15H20FNO/c1-10(18)14-8-12(16)4-7-15(14)17(13-5-6-13)9-11-2-3-11/h4,7-8,10-11,13,18H,2-3,5-6,9H2,1H3. The summed E-state index contributed by atoms with van der Waals surface area (Å²) in [6.45, 7) is 2.77. The number of benzene rings is 1. The van der Waals surface area contributed by atoms with Crippen LogP contribution >= 0.6 is 0 Å². The van der Waals surface area contributed by atoms with Crippen molar-refractivity contribution in [3.8, 4) is 0 Å². The van der Waals surface area contributed by atoms with Crippen LogP contribution in [0.5, 0.6) is 0 Å². The van der Waals surface area contributed by atoms with E-state index >= 15 is 0 Å². The van der Waals surface area contributed by atoms with Crippen LogP contribution in [0.2, 0.25) is 0 Å². The van der Waals surface area contributed by atoms with E-state index in [2.05, 4.69) is 4.90 Å². The first-order valence-corrected chi connectivity index (χ1v) is 6.89. The van der Waals surface area contributed by atoms with Crippen LogP contribution in [0.25, 0.3) is 0 Å². The zero-order valence-corrected chi connectivity index (χ0v) is 10.8. The van der Waals surface area contributed by atoms with Crippen LogP contribution in [0.15, 0.2) is 18.2 Å². The Labute approximate surface area is 107 Å². The van der Waals surface area contributed by atoms with Gasteiger partial charge in [0.05, 0.1) is 6.10 Å². The topological polar surface area (TPSA) is 23.5 Å². The molecule has 0 amide bonds. The number of hydrogen-bond donors (Lipinski definition) is 1. The van der Waals surface area contributed by atoms with Gasteiger partial charge >= 0.3 is 0 Å². The van der Waals surface area contributed by atoms with Crippen molar-refractivity contribution in [2.75, 3.05) is 11.4 Å². The van der Waals surface area contributed by atoms with Gasteiger partial charge in [-0.2, -0.15) is 0 Å². The Kier molecular flexibility index (Phi) is 3.02. The molecule has 18 heavy (non-hydrogen) atoms. The van der Waals surface area contributed by atoms with Crippen molar-refractivity contribution in [1.29, 1.82) is 0 Å². The van der Waals surface area contributed by atoms with E-state index in [1.54, 1.807) is 6.92 Å². The lowest BCUT2D eigenvalue weighted by Gasteiger charge is -2.28. The van der Waals surface area contributed by atoms with E-state index in [0.29, 0.717) is 6.04 Å². The number of nitrogens with zero attached hydrogens (tertiary/aromatic N) is 1. The van der Waals surface area contributed by atoms with E-state index in [1.807, 2.05) is 6.07 Å². The van der Waals surface area contributed by atoms with E-state index in [0.717, 1.165) is 23.7 Å². The number of anilines is 1. The molecule has 0 bridgehead atoms. The maximum Gasteiger partial charge on any atom is 0.123 e. The minimum absolute atomic E-state index is 0.267. The lowest BCUT2D eigenvalue weighted by molar-refractivity contribution is 0.199. The van der Waals surface area contributed by atoms with Crippen molar-refractivity contribution < 1.29 is 9.50 Å². The fraction of sp³-hybridized carbons (Fsp3) is 0.600. The molecule has 3 rings (SSSR count). The normalized spacial score (nSPS) is 20.8. The van der Waals surface area contributed by atoms with Crippen molar-refractivity contribution in [2.45, 2.75) is 44.8 Å². The molecule has 0 aliphatic heterocycles. The van der Waals surface area contributed by atoms with Crippen LogP contribution in [0.4, 0.5) is 10.1 Å². The smallest absolute Gasteiger partial charge is 0.123 e. The largest absolute Gasteiger partial charge is 0.389 e. The lowest BCUT2D eigenvalue weighted by atomic mass is 10.1. The summed E-state index contributed by atoms with van der Waals surface area (Å²) in [6, 6.07) is 5.41. The summed E-state index contributed by atoms with van der Waals surface area (Å²) in [5, 5.41) is 9.84. The minimum Gasteiger partial charge on any atom is -0.389 e. The quantitative estimate of drug-likeness (QED) is 0.865. The van der Waals surface area contributed by atoms with Crippen LogP contribution in [-0.2, 0) is 0 Å². The summed E-state index contributed by atoms with van der Waals surface area (Å²) in [6.07, 6.45) is 4.46. The number of aliphatic hydroxyl groups is 1. The Morgan fingerprint density at radius 1 is 1.33 bits per heavy atom. The second-order valence-corrected chi connectivity index (χ2v) is 5.71. The first-order valence-electron chi connectivity index (χ1n) is 6.89. The summed E-state index contributed by atoms with van der Waals surface area (Å²) < 4.78 is 13.3. The Balaban J connectivity index is 1.91. The Morgan fingerprint density at radius 2 is 2.06 bits per heavy atom. The molecule has 0 radical (unpaired) electrons. The average Bonchev–Trinajstić information content (AvgIpc) is 3.19. The molecule has 0 aromatic heterocycles. The van der Waals surface area contributed by atoms with Crippen molar-refractivity contribution in [2.24, 2.45) is 5.92 Å². The predicted molar refractivity (Wildman–Crippen MR) is 70.1 cm³/mol. The number of halogens is 1. The lowest BCUT2D eigenvalue weighted by Crippen LogP contribution is -2.29. The van der Waals surface area contributed by atoms with Crippen LogP contribution in [0.3, 0.4) is 0 Å². The fourth-order valence-electron chi connectivity index (χ4n) is 2.53. The van der Waals surface area contributed by atoms with Gasteiger partial charge in [0.25, 0.3) is 0 Å². The SMILES string of the molecule is CC(O)c1cc(F)ccc1N(CC1CC1)C1CC1. The van der Waals surface area contributed by atoms with Crippen LogP contribution < -0.4 is 4.90 Å². The average molecular weight is 249 g/mol. The van der Waals surface area contributed by atoms with Gasteiger partial charge in [0.1, 0.15) is 5.82 Å². The third-order valence-corrected chi connectivity index (χ3v) is 3.89. The maximum atomic E-state index is 13.3. The molecule has 1 aromatic rings. The first kappa shape index (κ1) is 12.0. The van der Waals surface area contributed by atoms with Crippen LogP contribution in [0.1, 0.15) is 44.3 Å². The second-order valence-electron chi connectivity index (χ2n) is 5.71. The number of aliphatic hydroxyl groups excluding tert-OH is 1. The highest BCUT2D eigenvalue weighted by Gasteiger charge is 2.35. The molecule has 1 aromatic carbocycles. The third-order valence-electron chi connectivity index (χ3n) is 3.89. The van der Waals surface area contributed by atoms with E-state index in [4.69, 9.17) is 0 Å². The van der Waals surface area contributed by atoms with Gasteiger partial charge in [-0.1, -0.05) is 0 Å². The molecule has 0 saturated heterocycles. The molecule has 2 nitrogen and oxygen atoms in total. The van der Waals surface area contributed by atoms with Gasteiger partial charge in [0.15, 0.2) is 0 Å². The maximum absolute atomic E-state index is 13.3. The van der Waals surface area contributed by atoms with Gasteiger partial charge in [-0.05, 0) is 56.7 Å². The summed E-state index contributed by atoms with van der Waals surface area (Å²) in [7, 11) is 0. The highest BCUT2D eigenvalue weighted by Crippen LogP contribution is 2.40. The van der Waals surface area contributed by atoms with Gasteiger partial charge in [-0.25, -0.2) is 4.39 Å². The number of rotatable bonds is 5. The zero-order valence-electron chi connectivity index (χ0n) is 10.8. The molecule has 98 valence electrons. The molecule has 0 heterocycles. The van der Waals surface area contributed by atoms with Gasteiger partial charge in [-0.15, -0.1) is 0 Å². The highest BCUT2D eigenvalue weighted by atomic mass is 19.1. The van der Waals surface area contributed by atoms with Gasteiger partial charge in [0.2, 0.25) is 0 Å². The summed E-state index contributed by atoms with van der Waals surface area (Å²) in [5.41, 5.74) is 1.75. The zero-order chi connectivity index (χ0) is 12.7. The molecule has 0 spiro atoms. The van der Waals surface area contributed by atoms with Gasteiger partial charge < -0.3 is 10.0 Å². The van der Waals surface area contributed by atoms with Crippen LogP contribution in [-0.4, -0.2) is 17.7 Å². The summed E-state index contributed by atoms with van der Waals surface area (Å²) in [5.74, 6) is 0.536. The molecular weight excluding hydrogens is 229 g/mol. The fourth-order valence-corrected chi connectivity index (χ4v) is 2.53. The van der Waals surface area contributed by atoms with Crippen molar-refractivity contribution >= 4 is 5.69 Å². The minimum atomic E-state index is -0.615. The van der Waals surface area contributed by atoms with Crippen molar-refractivity contribution in [3.05, 3.63) is 29.6 Å². The Morgan fingerprint density at radius 3 is 2.61 bits per heavy atom. The molecule has 1 N–H and O–H groups in total. The Hall–Kier alpha value is -1.09. The molecule has 1 unspecified atom stereocenters. The molecular formula is C15H20FNO. The monoisotopic (exact) mass is 249 g/mol. The van der Waals surface area contributed by atoms with E-state index in [-0.39, 0.29) is 5.82 Å². The van der Waals surface area contributed by atoms with Gasteiger partial charge in [0, 0.05) is 23.8 Å². The molecule has 1 atom stereocenters. The molecule has 3 heteroatoms. The van der Waals surface area contributed by atoms with E-state index in [1.165, 1.54) is 37.8 Å². The summed E-state index contributed by atoms with van der Waals surface area (Å²) in [4.78, 5) is 2.39. The Bertz CT molecular complexity index is 438. The molecule has 2 saturated carbocycles. The third kappa shape index (κ3) is 2.51. The van der Waals surface area contributed by atoms with Crippen molar-refractivity contribution in [3.63, 3.8) is 0 Å². The van der Waals surface area contributed by atoms with Crippen molar-refractivity contribution in [1.82, 2.24) is 0 Å². The van der Waals surface area contributed by atoms with Crippen LogP contribution in [0, 0.1) is 11.7 Å².